The molecule has 2 aromatic carbocycles. The molecule has 6 aromatic heterocycles. The zero-order chi connectivity index (χ0) is 31.2. The van der Waals surface area contributed by atoms with E-state index in [2.05, 4.69) is 71.8 Å². The summed E-state index contributed by atoms with van der Waals surface area (Å²) in [7, 11) is 4.39. The average Bonchev–Trinajstić information content (AvgIpc) is 3.92. The fraction of sp³-hybridized carbons (Fsp3) is 0.0556. The normalized spacial score (nSPS) is 14.8. The molecule has 0 N–H and O–H groups in total. The monoisotopic (exact) mass is 734 g/mol. The second kappa shape index (κ2) is 9.74. The summed E-state index contributed by atoms with van der Waals surface area (Å²) in [5.74, 6) is 0. The third kappa shape index (κ3) is 3.59. The number of thiophene rings is 4. The summed E-state index contributed by atoms with van der Waals surface area (Å²) in [4.78, 5) is 5.77. The number of allylic oxidation sites excluding steroid dienone is 2. The summed E-state index contributed by atoms with van der Waals surface area (Å²) in [5, 5.41) is 0. The number of aryl methyl sites for hydroxylation is 2. The third-order valence-electron chi connectivity index (χ3n) is 9.13. The van der Waals surface area contributed by atoms with Gasteiger partial charge in [-0.25, -0.2) is 0 Å². The van der Waals surface area contributed by atoms with Crippen LogP contribution in [0.25, 0.3) is 62.4 Å². The first-order valence-electron chi connectivity index (χ1n) is 14.5. The fourth-order valence-electron chi connectivity index (χ4n) is 6.93. The van der Waals surface area contributed by atoms with Crippen LogP contribution in [-0.4, -0.2) is 28.6 Å². The van der Waals surface area contributed by atoms with E-state index in [4.69, 9.17) is 48.9 Å². The molecule has 0 unspecified atom stereocenters. The van der Waals surface area contributed by atoms with Crippen LogP contribution in [0.3, 0.4) is 0 Å². The molecule has 6 heterocycles. The molecule has 0 saturated carbocycles. The maximum atomic E-state index is 5.84. The highest BCUT2D eigenvalue weighted by molar-refractivity contribution is 7.84. The Bertz CT molecular complexity index is 2580. The van der Waals surface area contributed by atoms with Crippen LogP contribution >= 0.6 is 94.2 Å². The molecule has 0 saturated heterocycles. The lowest BCUT2D eigenvalue weighted by molar-refractivity contribution is 1.02. The molecule has 10 heteroatoms. The van der Waals surface area contributed by atoms with Crippen molar-refractivity contribution in [1.82, 2.24) is 9.13 Å². The standard InChI is InChI=1S/C36H18N2S8/c1-37-23-13-15(11-21-27(39)17-7-3-4-8-18(17)28(21)40)43-31(23)33-25(37)35-36(45-33)26-34(46-35)32-24(38(26)2)14-16(44-32)12-22-29(41)19-9-5-6-10-20(19)30(22)42/h3-14H,1-2H3. The highest BCUT2D eigenvalue weighted by Gasteiger charge is 2.29. The van der Waals surface area contributed by atoms with Crippen LogP contribution in [0.1, 0.15) is 32.0 Å². The van der Waals surface area contributed by atoms with Gasteiger partial charge in [-0.1, -0.05) is 97.4 Å². The lowest BCUT2D eigenvalue weighted by atomic mass is 10.1. The van der Waals surface area contributed by atoms with E-state index in [9.17, 15) is 0 Å². The first kappa shape index (κ1) is 28.0. The minimum atomic E-state index is 0.851. The highest BCUT2D eigenvalue weighted by Crippen LogP contribution is 2.52. The second-order valence-electron chi connectivity index (χ2n) is 11.6. The van der Waals surface area contributed by atoms with E-state index in [1.807, 2.05) is 69.6 Å². The quantitative estimate of drug-likeness (QED) is 0.129. The topological polar surface area (TPSA) is 9.86 Å². The molecule has 46 heavy (non-hydrogen) atoms. The van der Waals surface area contributed by atoms with Crippen LogP contribution in [0.15, 0.2) is 71.8 Å². The molecule has 0 spiro atoms. The van der Waals surface area contributed by atoms with E-state index in [1.54, 1.807) is 0 Å². The molecule has 2 aliphatic rings. The number of benzene rings is 2. The van der Waals surface area contributed by atoms with Gasteiger partial charge in [-0.3, -0.25) is 0 Å². The van der Waals surface area contributed by atoms with Gasteiger partial charge in [0.2, 0.25) is 0 Å². The van der Waals surface area contributed by atoms with Crippen molar-refractivity contribution in [2.75, 3.05) is 0 Å². The largest absolute Gasteiger partial charge is 0.341 e. The Morgan fingerprint density at radius 2 is 0.804 bits per heavy atom. The van der Waals surface area contributed by atoms with Crippen LogP contribution < -0.4 is 0 Å². The first-order chi connectivity index (χ1) is 22.3. The van der Waals surface area contributed by atoms with Crippen LogP contribution in [0.2, 0.25) is 0 Å². The number of thiocarbonyl (C=S) groups is 4. The van der Waals surface area contributed by atoms with Crippen molar-refractivity contribution >= 4 is 176 Å². The summed E-state index contributed by atoms with van der Waals surface area (Å²) in [6.45, 7) is 0. The molecule has 220 valence electrons. The number of hydrogen-bond donors (Lipinski definition) is 0. The number of hydrogen-bond acceptors (Lipinski definition) is 8. The number of fused-ring (bicyclic) bond motifs is 11. The minimum Gasteiger partial charge on any atom is -0.341 e. The highest BCUT2D eigenvalue weighted by atomic mass is 32.1. The molecular formula is C36H18N2S8. The van der Waals surface area contributed by atoms with Gasteiger partial charge < -0.3 is 9.13 Å². The van der Waals surface area contributed by atoms with Gasteiger partial charge in [0, 0.05) is 57.2 Å². The van der Waals surface area contributed by atoms with Crippen molar-refractivity contribution in [3.8, 4) is 0 Å². The Hall–Kier alpha value is -3.06. The van der Waals surface area contributed by atoms with Crippen molar-refractivity contribution in [2.24, 2.45) is 14.1 Å². The molecular weight excluding hydrogens is 717 g/mol. The van der Waals surface area contributed by atoms with Gasteiger partial charge in [-0.2, -0.15) is 0 Å². The maximum absolute atomic E-state index is 5.84. The number of rotatable bonds is 2. The van der Waals surface area contributed by atoms with E-state index >= 15 is 0 Å². The zero-order valence-electron chi connectivity index (χ0n) is 24.1. The number of nitrogens with zero attached hydrogens (tertiary/aromatic N) is 2. The van der Waals surface area contributed by atoms with Gasteiger partial charge in [0.25, 0.3) is 0 Å². The summed E-state index contributed by atoms with van der Waals surface area (Å²) in [5.41, 5.74) is 11.4. The van der Waals surface area contributed by atoms with E-state index < -0.39 is 0 Å². The summed E-state index contributed by atoms with van der Waals surface area (Å²) in [6.07, 6.45) is 4.38. The van der Waals surface area contributed by atoms with Crippen molar-refractivity contribution in [3.05, 3.63) is 104 Å². The van der Waals surface area contributed by atoms with Crippen LogP contribution in [0, 0.1) is 0 Å². The third-order valence-corrected chi connectivity index (χ3v) is 15.9. The van der Waals surface area contributed by atoms with Crippen molar-refractivity contribution in [3.63, 3.8) is 0 Å². The maximum Gasteiger partial charge on any atom is 0.0789 e. The van der Waals surface area contributed by atoms with Gasteiger partial charge >= 0.3 is 0 Å². The van der Waals surface area contributed by atoms with Crippen LogP contribution in [0.4, 0.5) is 0 Å². The lowest BCUT2D eigenvalue weighted by Gasteiger charge is -1.97. The fourth-order valence-corrected chi connectivity index (χ4v) is 14.0. The Balaban J connectivity index is 1.08. The molecule has 2 nitrogen and oxygen atoms in total. The summed E-state index contributed by atoms with van der Waals surface area (Å²) in [6, 6.07) is 21.0. The Morgan fingerprint density at radius 1 is 0.478 bits per heavy atom. The minimum absolute atomic E-state index is 0.851. The summed E-state index contributed by atoms with van der Waals surface area (Å²) >= 11 is 30.9. The van der Waals surface area contributed by atoms with Crippen molar-refractivity contribution in [2.45, 2.75) is 0 Å². The predicted molar refractivity (Wildman–Crippen MR) is 219 cm³/mol. The Kier molecular flexibility index (Phi) is 5.93. The first-order valence-corrected chi connectivity index (χ1v) is 19.4. The molecule has 0 amide bonds. The van der Waals surface area contributed by atoms with Gasteiger partial charge in [0.05, 0.1) is 69.7 Å². The summed E-state index contributed by atoms with van der Waals surface area (Å²) < 4.78 is 12.8. The molecule has 0 atom stereocenters. The van der Waals surface area contributed by atoms with Gasteiger partial charge in [0.15, 0.2) is 0 Å². The van der Waals surface area contributed by atoms with E-state index in [1.165, 1.54) is 60.0 Å². The molecule has 0 aliphatic heterocycles. The second-order valence-corrected chi connectivity index (χ2v) is 17.4. The molecule has 2 aliphatic carbocycles. The van der Waals surface area contributed by atoms with Gasteiger partial charge in [0.1, 0.15) is 0 Å². The van der Waals surface area contributed by atoms with E-state index in [0.717, 1.165) is 52.9 Å². The Morgan fingerprint density at radius 3 is 1.15 bits per heavy atom. The zero-order valence-corrected chi connectivity index (χ0v) is 30.6. The lowest BCUT2D eigenvalue weighted by Crippen LogP contribution is -1.97. The Labute approximate surface area is 300 Å². The van der Waals surface area contributed by atoms with Crippen LogP contribution in [-0.2, 0) is 14.1 Å². The molecule has 10 rings (SSSR count). The molecule has 8 aromatic rings. The molecule has 0 bridgehead atoms. The van der Waals surface area contributed by atoms with E-state index in [-0.39, 0.29) is 0 Å². The van der Waals surface area contributed by atoms with Crippen molar-refractivity contribution < 1.29 is 0 Å². The van der Waals surface area contributed by atoms with Crippen molar-refractivity contribution in [1.29, 1.82) is 0 Å². The van der Waals surface area contributed by atoms with E-state index in [0.29, 0.717) is 0 Å². The number of aromatic nitrogens is 2. The average molecular weight is 735 g/mol. The van der Waals surface area contributed by atoms with Crippen LogP contribution in [0.5, 0.6) is 0 Å². The predicted octanol–water partition coefficient (Wildman–Crippen LogP) is 11.4. The smallest absolute Gasteiger partial charge is 0.0789 e. The molecule has 0 fully saturated rings. The molecule has 0 radical (unpaired) electrons. The van der Waals surface area contributed by atoms with Gasteiger partial charge in [-0.15, -0.1) is 45.3 Å². The SMILES string of the molecule is Cn1c2cc(C=C3C(=S)c4ccccc4C3=S)sc2c2sc3c(sc4c5sc(C=C6C(=S)c7ccccc7C6=S)cc5n(C)c43)c21. The van der Waals surface area contributed by atoms with Gasteiger partial charge in [-0.05, 0) is 24.3 Å².